The van der Waals surface area contributed by atoms with E-state index in [2.05, 4.69) is 10.4 Å². The van der Waals surface area contributed by atoms with E-state index in [4.69, 9.17) is 44.0 Å². The Morgan fingerprint density at radius 1 is 1.03 bits per heavy atom. The minimum Gasteiger partial charge on any atom is -0.484 e. The van der Waals surface area contributed by atoms with Gasteiger partial charge in [0.1, 0.15) is 18.1 Å². The molecule has 1 amide bonds. The van der Waals surface area contributed by atoms with Crippen LogP contribution in [0.3, 0.4) is 0 Å². The van der Waals surface area contributed by atoms with Gasteiger partial charge in [-0.15, -0.1) is 0 Å². The number of amides is 1. The first-order valence-electron chi connectivity index (χ1n) is 9.65. The molecule has 0 aliphatic rings. The Labute approximate surface area is 199 Å². The lowest BCUT2D eigenvalue weighted by Crippen LogP contribution is -2.12. The Kier molecular flexibility index (Phi) is 6.74. The van der Waals surface area contributed by atoms with Crippen LogP contribution in [-0.2, 0) is 13.2 Å². The highest BCUT2D eigenvalue weighted by atomic mass is 35.5. The average molecular weight is 491 g/mol. The van der Waals surface area contributed by atoms with Crippen LogP contribution < -0.4 is 10.1 Å². The molecule has 2 aromatic carbocycles. The summed E-state index contributed by atoms with van der Waals surface area (Å²) in [5, 5.41) is 8.78. The van der Waals surface area contributed by atoms with Crippen LogP contribution >= 0.6 is 34.8 Å². The van der Waals surface area contributed by atoms with E-state index < -0.39 is 5.91 Å². The number of carbonyl (C=O) groups excluding carboxylic acids is 1. The molecule has 0 spiro atoms. The lowest BCUT2D eigenvalue weighted by atomic mass is 10.2. The molecule has 2 heterocycles. The monoisotopic (exact) mass is 489 g/mol. The van der Waals surface area contributed by atoms with Gasteiger partial charge >= 0.3 is 0 Å². The van der Waals surface area contributed by atoms with E-state index in [0.717, 1.165) is 11.3 Å². The Morgan fingerprint density at radius 3 is 2.50 bits per heavy atom. The highest BCUT2D eigenvalue weighted by molar-refractivity contribution is 6.36. The molecule has 9 heteroatoms. The summed E-state index contributed by atoms with van der Waals surface area (Å²) in [6.45, 7) is 2.40. The zero-order valence-electron chi connectivity index (χ0n) is 16.9. The van der Waals surface area contributed by atoms with Crippen LogP contribution in [0, 0.1) is 6.92 Å². The van der Waals surface area contributed by atoms with Crippen molar-refractivity contribution in [2.45, 2.75) is 20.1 Å². The standard InChI is InChI=1S/C23H18Cl3N3O3/c1-14-11-22(28-29(14)12-16-17(24)6-4-7-18(16)25)27-23(30)21-10-9-15(32-21)13-31-20-8-3-2-5-19(20)26/h2-11H,12-13H2,1H3,(H,27,28,30). The molecule has 0 unspecified atom stereocenters. The molecule has 0 saturated carbocycles. The first kappa shape index (κ1) is 22.3. The highest BCUT2D eigenvalue weighted by Crippen LogP contribution is 2.26. The van der Waals surface area contributed by atoms with E-state index in [-0.39, 0.29) is 12.4 Å². The van der Waals surface area contributed by atoms with Crippen molar-refractivity contribution in [1.82, 2.24) is 9.78 Å². The third kappa shape index (κ3) is 5.10. The van der Waals surface area contributed by atoms with Gasteiger partial charge in [0, 0.05) is 27.4 Å². The van der Waals surface area contributed by atoms with Crippen molar-refractivity contribution in [1.29, 1.82) is 0 Å². The number of nitrogens with zero attached hydrogens (tertiary/aromatic N) is 2. The first-order chi connectivity index (χ1) is 15.4. The Hall–Kier alpha value is -2.93. The zero-order chi connectivity index (χ0) is 22.7. The number of hydrogen-bond donors (Lipinski definition) is 1. The van der Waals surface area contributed by atoms with Crippen molar-refractivity contribution >= 4 is 46.5 Å². The average Bonchev–Trinajstić information content (AvgIpc) is 3.37. The van der Waals surface area contributed by atoms with E-state index in [0.29, 0.717) is 38.9 Å². The van der Waals surface area contributed by atoms with Gasteiger partial charge in [0.05, 0.1) is 11.6 Å². The molecule has 164 valence electrons. The summed E-state index contributed by atoms with van der Waals surface area (Å²) in [5.41, 5.74) is 1.60. The summed E-state index contributed by atoms with van der Waals surface area (Å²) < 4.78 is 12.9. The summed E-state index contributed by atoms with van der Waals surface area (Å²) in [4.78, 5) is 12.6. The minimum absolute atomic E-state index is 0.142. The summed E-state index contributed by atoms with van der Waals surface area (Å²) >= 11 is 18.6. The number of halogens is 3. The minimum atomic E-state index is -0.422. The number of aromatic nitrogens is 2. The molecule has 0 radical (unpaired) electrons. The van der Waals surface area contributed by atoms with Crippen LogP contribution in [0.15, 0.2) is 65.1 Å². The predicted octanol–water partition coefficient (Wildman–Crippen LogP) is 6.62. The molecule has 4 rings (SSSR count). The van der Waals surface area contributed by atoms with Crippen molar-refractivity contribution in [3.8, 4) is 5.75 Å². The maximum Gasteiger partial charge on any atom is 0.292 e. The van der Waals surface area contributed by atoms with Crippen molar-refractivity contribution in [3.05, 3.63) is 98.5 Å². The van der Waals surface area contributed by atoms with Gasteiger partial charge in [-0.3, -0.25) is 9.48 Å². The Balaban J connectivity index is 1.40. The number of ether oxygens (including phenoxy) is 1. The van der Waals surface area contributed by atoms with Crippen molar-refractivity contribution < 1.29 is 13.9 Å². The largest absolute Gasteiger partial charge is 0.484 e. The predicted molar refractivity (Wildman–Crippen MR) is 125 cm³/mol. The Morgan fingerprint density at radius 2 is 1.75 bits per heavy atom. The topological polar surface area (TPSA) is 69.3 Å². The van der Waals surface area contributed by atoms with Gasteiger partial charge in [0.25, 0.3) is 5.91 Å². The molecule has 2 aromatic heterocycles. The van der Waals surface area contributed by atoms with Gasteiger partial charge in [0.2, 0.25) is 0 Å². The summed E-state index contributed by atoms with van der Waals surface area (Å²) in [5.74, 6) is 1.14. The fourth-order valence-electron chi connectivity index (χ4n) is 3.03. The molecule has 1 N–H and O–H groups in total. The normalized spacial score (nSPS) is 10.9. The van der Waals surface area contributed by atoms with Gasteiger partial charge in [0.15, 0.2) is 11.6 Å². The SMILES string of the molecule is Cc1cc(NC(=O)c2ccc(COc3ccccc3Cl)o2)nn1Cc1c(Cl)cccc1Cl. The van der Waals surface area contributed by atoms with Gasteiger partial charge in [-0.1, -0.05) is 53.0 Å². The van der Waals surface area contributed by atoms with Gasteiger partial charge in [-0.05, 0) is 43.3 Å². The zero-order valence-corrected chi connectivity index (χ0v) is 19.2. The number of anilines is 1. The van der Waals surface area contributed by atoms with E-state index in [1.165, 1.54) is 0 Å². The molecule has 32 heavy (non-hydrogen) atoms. The van der Waals surface area contributed by atoms with E-state index in [1.54, 1.807) is 53.2 Å². The second-order valence-electron chi connectivity index (χ2n) is 6.97. The smallest absolute Gasteiger partial charge is 0.292 e. The summed E-state index contributed by atoms with van der Waals surface area (Å²) in [6.07, 6.45) is 0. The summed E-state index contributed by atoms with van der Waals surface area (Å²) in [6, 6.07) is 17.5. The Bertz CT molecular complexity index is 1250. The van der Waals surface area contributed by atoms with Crippen LogP contribution in [0.5, 0.6) is 5.75 Å². The van der Waals surface area contributed by atoms with Crippen LogP contribution in [0.1, 0.15) is 27.6 Å². The lowest BCUT2D eigenvalue weighted by molar-refractivity contribution is 0.0992. The third-order valence-electron chi connectivity index (χ3n) is 4.68. The number of nitrogens with one attached hydrogen (secondary N) is 1. The molecule has 0 atom stereocenters. The molecule has 0 saturated heterocycles. The number of benzene rings is 2. The van der Waals surface area contributed by atoms with E-state index >= 15 is 0 Å². The van der Waals surface area contributed by atoms with E-state index in [9.17, 15) is 4.79 Å². The number of furan rings is 1. The molecule has 4 aromatic rings. The van der Waals surface area contributed by atoms with Gasteiger partial charge < -0.3 is 14.5 Å². The molecule has 0 fully saturated rings. The fraction of sp³-hybridized carbons (Fsp3) is 0.130. The van der Waals surface area contributed by atoms with Gasteiger partial charge in [-0.25, -0.2) is 0 Å². The fourth-order valence-corrected chi connectivity index (χ4v) is 3.74. The number of aryl methyl sites for hydroxylation is 1. The molecule has 6 nitrogen and oxygen atoms in total. The first-order valence-corrected chi connectivity index (χ1v) is 10.8. The van der Waals surface area contributed by atoms with Crippen LogP contribution in [0.2, 0.25) is 15.1 Å². The third-order valence-corrected chi connectivity index (χ3v) is 5.70. The number of carbonyl (C=O) groups is 1. The molecule has 0 aliphatic carbocycles. The molecule has 0 aliphatic heterocycles. The molecular formula is C23H18Cl3N3O3. The van der Waals surface area contributed by atoms with Crippen LogP contribution in [0.25, 0.3) is 0 Å². The molecular weight excluding hydrogens is 473 g/mol. The second kappa shape index (κ2) is 9.69. The van der Waals surface area contributed by atoms with Crippen LogP contribution in [0.4, 0.5) is 5.82 Å². The summed E-state index contributed by atoms with van der Waals surface area (Å²) in [7, 11) is 0. The van der Waals surface area contributed by atoms with Crippen molar-refractivity contribution in [2.75, 3.05) is 5.32 Å². The second-order valence-corrected chi connectivity index (χ2v) is 8.19. The maximum atomic E-state index is 12.6. The quantitative estimate of drug-likeness (QED) is 0.316. The van der Waals surface area contributed by atoms with Gasteiger partial charge in [-0.2, -0.15) is 5.10 Å². The van der Waals surface area contributed by atoms with Crippen molar-refractivity contribution in [2.24, 2.45) is 0 Å². The number of para-hydroxylation sites is 1. The number of rotatable bonds is 7. The lowest BCUT2D eigenvalue weighted by Gasteiger charge is -2.08. The van der Waals surface area contributed by atoms with E-state index in [1.807, 2.05) is 19.1 Å². The number of hydrogen-bond acceptors (Lipinski definition) is 4. The van der Waals surface area contributed by atoms with Crippen molar-refractivity contribution in [3.63, 3.8) is 0 Å². The molecule has 0 bridgehead atoms. The highest BCUT2D eigenvalue weighted by Gasteiger charge is 2.16. The van der Waals surface area contributed by atoms with Crippen LogP contribution in [-0.4, -0.2) is 15.7 Å². The maximum absolute atomic E-state index is 12.6.